The van der Waals surface area contributed by atoms with Gasteiger partial charge in [-0.1, -0.05) is 13.3 Å². The van der Waals surface area contributed by atoms with E-state index in [2.05, 4.69) is 23.5 Å². The lowest BCUT2D eigenvalue weighted by Crippen LogP contribution is -2.33. The maximum Gasteiger partial charge on any atom is 0.0521 e. The lowest BCUT2D eigenvalue weighted by molar-refractivity contribution is 0.174. The lowest BCUT2D eigenvalue weighted by atomic mass is 9.72. The molecule has 2 aliphatic carbocycles. The van der Waals surface area contributed by atoms with Gasteiger partial charge in [-0.15, -0.1) is 0 Å². The summed E-state index contributed by atoms with van der Waals surface area (Å²) in [5.74, 6) is 2.74. The molecule has 2 saturated carbocycles. The first-order valence-electron chi connectivity index (χ1n) is 8.41. The van der Waals surface area contributed by atoms with Crippen LogP contribution in [0.25, 0.3) is 0 Å². The van der Waals surface area contributed by atoms with Gasteiger partial charge >= 0.3 is 0 Å². The summed E-state index contributed by atoms with van der Waals surface area (Å²) >= 11 is 0. The molecule has 1 aromatic heterocycles. The van der Waals surface area contributed by atoms with Crippen molar-refractivity contribution in [3.8, 4) is 0 Å². The SMILES string of the molecule is CC1CCC(CNC2CC2)C(CCc2cnn(C)c2)C1. The van der Waals surface area contributed by atoms with Gasteiger partial charge in [0.05, 0.1) is 6.20 Å². The summed E-state index contributed by atoms with van der Waals surface area (Å²) in [5.41, 5.74) is 1.40. The van der Waals surface area contributed by atoms with Crippen molar-refractivity contribution in [1.82, 2.24) is 15.1 Å². The van der Waals surface area contributed by atoms with Crippen molar-refractivity contribution in [2.75, 3.05) is 6.54 Å². The predicted molar refractivity (Wildman–Crippen MR) is 82.5 cm³/mol. The summed E-state index contributed by atoms with van der Waals surface area (Å²) in [4.78, 5) is 0. The molecule has 2 fully saturated rings. The zero-order valence-electron chi connectivity index (χ0n) is 13.0. The monoisotopic (exact) mass is 275 g/mol. The van der Waals surface area contributed by atoms with Crippen LogP contribution >= 0.6 is 0 Å². The van der Waals surface area contributed by atoms with Crippen molar-refractivity contribution >= 4 is 0 Å². The predicted octanol–water partition coefficient (Wildman–Crippen LogP) is 3.16. The van der Waals surface area contributed by atoms with Gasteiger partial charge in [0.15, 0.2) is 0 Å². The van der Waals surface area contributed by atoms with Gasteiger partial charge in [0.1, 0.15) is 0 Å². The molecule has 112 valence electrons. The first-order chi connectivity index (χ1) is 9.70. The van der Waals surface area contributed by atoms with Crippen LogP contribution < -0.4 is 5.32 Å². The second-order valence-corrected chi connectivity index (χ2v) is 7.18. The maximum absolute atomic E-state index is 4.29. The van der Waals surface area contributed by atoms with Crippen molar-refractivity contribution in [3.63, 3.8) is 0 Å². The number of aryl methyl sites for hydroxylation is 2. The number of rotatable bonds is 6. The Hall–Kier alpha value is -0.830. The van der Waals surface area contributed by atoms with Crippen molar-refractivity contribution in [2.45, 2.75) is 57.9 Å². The van der Waals surface area contributed by atoms with Gasteiger partial charge < -0.3 is 5.32 Å². The third-order valence-corrected chi connectivity index (χ3v) is 5.21. The molecule has 3 nitrogen and oxygen atoms in total. The zero-order valence-corrected chi connectivity index (χ0v) is 13.0. The minimum absolute atomic E-state index is 0.855. The molecule has 2 aliphatic rings. The molecule has 1 aromatic rings. The third kappa shape index (κ3) is 3.85. The Labute approximate surface area is 123 Å². The van der Waals surface area contributed by atoms with Crippen molar-refractivity contribution in [1.29, 1.82) is 0 Å². The van der Waals surface area contributed by atoms with Gasteiger partial charge in [0, 0.05) is 19.3 Å². The highest BCUT2D eigenvalue weighted by Gasteiger charge is 2.30. The second kappa shape index (κ2) is 6.30. The third-order valence-electron chi connectivity index (χ3n) is 5.21. The minimum atomic E-state index is 0.855. The fourth-order valence-corrected chi connectivity index (χ4v) is 3.74. The van der Waals surface area contributed by atoms with Crippen LogP contribution in [0.4, 0.5) is 0 Å². The molecule has 3 heteroatoms. The highest BCUT2D eigenvalue weighted by Crippen LogP contribution is 2.36. The van der Waals surface area contributed by atoms with E-state index in [0.717, 1.165) is 23.8 Å². The molecule has 1 heterocycles. The Kier molecular flexibility index (Phi) is 4.45. The van der Waals surface area contributed by atoms with Crippen LogP contribution in [-0.4, -0.2) is 22.4 Å². The first kappa shape index (κ1) is 14.1. The van der Waals surface area contributed by atoms with Crippen LogP contribution in [-0.2, 0) is 13.5 Å². The molecule has 0 radical (unpaired) electrons. The van der Waals surface area contributed by atoms with Crippen LogP contribution in [0.1, 0.15) is 51.0 Å². The summed E-state index contributed by atoms with van der Waals surface area (Å²) in [7, 11) is 2.01. The molecule has 0 spiro atoms. The number of aromatic nitrogens is 2. The first-order valence-corrected chi connectivity index (χ1v) is 8.41. The summed E-state index contributed by atoms with van der Waals surface area (Å²) in [5, 5.41) is 8.04. The van der Waals surface area contributed by atoms with Gasteiger partial charge in [-0.3, -0.25) is 4.68 Å². The van der Waals surface area contributed by atoms with E-state index in [-0.39, 0.29) is 0 Å². The Balaban J connectivity index is 1.51. The standard InChI is InChI=1S/C17H29N3/c1-13-3-5-16(11-18-17-7-8-17)15(9-13)6-4-14-10-19-20(2)12-14/h10,12-13,15-18H,3-9,11H2,1-2H3. The lowest BCUT2D eigenvalue weighted by Gasteiger charge is -2.35. The minimum Gasteiger partial charge on any atom is -0.314 e. The molecular weight excluding hydrogens is 246 g/mol. The molecule has 0 amide bonds. The van der Waals surface area contributed by atoms with Crippen LogP contribution in [0.15, 0.2) is 12.4 Å². The van der Waals surface area contributed by atoms with Gasteiger partial charge in [0.25, 0.3) is 0 Å². The van der Waals surface area contributed by atoms with E-state index in [4.69, 9.17) is 0 Å². The Morgan fingerprint density at radius 3 is 2.80 bits per heavy atom. The molecule has 0 aromatic carbocycles. The van der Waals surface area contributed by atoms with E-state index in [1.165, 1.54) is 57.1 Å². The normalized spacial score (nSPS) is 30.6. The number of hydrogen-bond acceptors (Lipinski definition) is 2. The van der Waals surface area contributed by atoms with Crippen LogP contribution in [0.3, 0.4) is 0 Å². The summed E-state index contributed by atoms with van der Waals surface area (Å²) in [6.07, 6.45) is 13.8. The van der Waals surface area contributed by atoms with E-state index in [9.17, 15) is 0 Å². The van der Waals surface area contributed by atoms with Crippen LogP contribution in [0, 0.1) is 17.8 Å². The summed E-state index contributed by atoms with van der Waals surface area (Å²) in [6.45, 7) is 3.69. The van der Waals surface area contributed by atoms with E-state index < -0.39 is 0 Å². The highest BCUT2D eigenvalue weighted by atomic mass is 15.2. The molecule has 3 atom stereocenters. The van der Waals surface area contributed by atoms with Gasteiger partial charge in [-0.05, 0) is 68.4 Å². The molecule has 0 saturated heterocycles. The molecule has 0 aliphatic heterocycles. The number of nitrogens with one attached hydrogen (secondary N) is 1. The average molecular weight is 275 g/mol. The van der Waals surface area contributed by atoms with Crippen LogP contribution in [0.5, 0.6) is 0 Å². The van der Waals surface area contributed by atoms with Crippen molar-refractivity contribution < 1.29 is 0 Å². The van der Waals surface area contributed by atoms with Crippen molar-refractivity contribution in [2.24, 2.45) is 24.8 Å². The largest absolute Gasteiger partial charge is 0.314 e. The maximum atomic E-state index is 4.29. The molecule has 1 N–H and O–H groups in total. The molecule has 3 rings (SSSR count). The second-order valence-electron chi connectivity index (χ2n) is 7.18. The average Bonchev–Trinajstić information content (AvgIpc) is 3.17. The molecule has 3 unspecified atom stereocenters. The van der Waals surface area contributed by atoms with Crippen LogP contribution in [0.2, 0.25) is 0 Å². The molecule has 20 heavy (non-hydrogen) atoms. The Morgan fingerprint density at radius 1 is 1.25 bits per heavy atom. The number of nitrogens with zero attached hydrogens (tertiary/aromatic N) is 2. The fraction of sp³-hybridized carbons (Fsp3) is 0.824. The van der Waals surface area contributed by atoms with E-state index in [0.29, 0.717) is 0 Å². The highest BCUT2D eigenvalue weighted by molar-refractivity contribution is 5.04. The van der Waals surface area contributed by atoms with Gasteiger partial charge in [-0.2, -0.15) is 5.10 Å². The van der Waals surface area contributed by atoms with E-state index >= 15 is 0 Å². The Bertz CT molecular complexity index is 422. The number of hydrogen-bond donors (Lipinski definition) is 1. The smallest absolute Gasteiger partial charge is 0.0521 e. The van der Waals surface area contributed by atoms with Gasteiger partial charge in [0.2, 0.25) is 0 Å². The summed E-state index contributed by atoms with van der Waals surface area (Å²) in [6, 6.07) is 0.855. The quantitative estimate of drug-likeness (QED) is 0.864. The molecule has 0 bridgehead atoms. The Morgan fingerprint density at radius 2 is 2.10 bits per heavy atom. The van der Waals surface area contributed by atoms with E-state index in [1.807, 2.05) is 17.9 Å². The van der Waals surface area contributed by atoms with Crippen molar-refractivity contribution in [3.05, 3.63) is 18.0 Å². The van der Waals surface area contributed by atoms with Gasteiger partial charge in [-0.25, -0.2) is 0 Å². The fourth-order valence-electron chi connectivity index (χ4n) is 3.74. The summed E-state index contributed by atoms with van der Waals surface area (Å²) < 4.78 is 1.92. The topological polar surface area (TPSA) is 29.9 Å². The molecular formula is C17H29N3. The van der Waals surface area contributed by atoms with E-state index in [1.54, 1.807) is 0 Å². The zero-order chi connectivity index (χ0) is 13.9.